The van der Waals surface area contributed by atoms with Crippen LogP contribution in [0.1, 0.15) is 0 Å². The summed E-state index contributed by atoms with van der Waals surface area (Å²) < 4.78 is 0. The van der Waals surface area contributed by atoms with Gasteiger partial charge in [-0.1, -0.05) is 24.3 Å². The summed E-state index contributed by atoms with van der Waals surface area (Å²) in [6.45, 7) is 0. The Balaban J connectivity index is 0.000000366. The fourth-order valence-electron chi connectivity index (χ4n) is 1.31. The molecule has 0 spiro atoms. The Hall–Kier alpha value is -4.01. The first kappa shape index (κ1) is 22.0. The molecule has 0 radical (unpaired) electrons. The minimum Gasteiger partial charge on any atom is -0.478 e. The van der Waals surface area contributed by atoms with Crippen molar-refractivity contribution in [2.24, 2.45) is 0 Å². The molecular formula is C17H15NO8. The standard InChI is InChI=1S/C9H7N.2C4H4O4/c1-2-4-9-7-10-6-5-8(9)3-1;2*5-3(6)1-2-4(7)8/h1-7H;2*1-2H,(H,5,6)(H,7,8)/b;2*2-1+. The molecule has 0 aliphatic carbocycles. The fraction of sp³-hybridized carbons (Fsp3) is 0. The second-order valence-corrected chi connectivity index (χ2v) is 4.24. The molecule has 1 aromatic carbocycles. The van der Waals surface area contributed by atoms with Crippen LogP contribution in [0.15, 0.2) is 67.0 Å². The Morgan fingerprint density at radius 1 is 0.654 bits per heavy atom. The van der Waals surface area contributed by atoms with E-state index in [9.17, 15) is 19.2 Å². The molecule has 2 rings (SSSR count). The summed E-state index contributed by atoms with van der Waals surface area (Å²) in [4.78, 5) is 42.2. The lowest BCUT2D eigenvalue weighted by molar-refractivity contribution is -0.134. The number of aliphatic carboxylic acids is 4. The zero-order chi connectivity index (χ0) is 19.9. The van der Waals surface area contributed by atoms with Crippen molar-refractivity contribution >= 4 is 34.6 Å². The van der Waals surface area contributed by atoms with Gasteiger partial charge in [-0.3, -0.25) is 4.98 Å². The first-order valence-electron chi connectivity index (χ1n) is 6.79. The number of benzene rings is 1. The van der Waals surface area contributed by atoms with Gasteiger partial charge in [-0.2, -0.15) is 0 Å². The Labute approximate surface area is 147 Å². The van der Waals surface area contributed by atoms with E-state index in [2.05, 4.69) is 17.1 Å². The van der Waals surface area contributed by atoms with Gasteiger partial charge in [-0.15, -0.1) is 0 Å². The Bertz CT molecular complexity index is 695. The van der Waals surface area contributed by atoms with Gasteiger partial charge in [-0.05, 0) is 16.8 Å². The van der Waals surface area contributed by atoms with E-state index in [0.29, 0.717) is 24.3 Å². The Kier molecular flexibility index (Phi) is 10.5. The number of carboxylic acids is 4. The molecule has 26 heavy (non-hydrogen) atoms. The quantitative estimate of drug-likeness (QED) is 0.593. The summed E-state index contributed by atoms with van der Waals surface area (Å²) in [5.41, 5.74) is 0. The van der Waals surface area contributed by atoms with Crippen LogP contribution in [0.2, 0.25) is 0 Å². The number of aromatic nitrogens is 1. The lowest BCUT2D eigenvalue weighted by atomic mass is 10.2. The van der Waals surface area contributed by atoms with E-state index >= 15 is 0 Å². The molecule has 1 aromatic heterocycles. The van der Waals surface area contributed by atoms with Crippen molar-refractivity contribution in [1.82, 2.24) is 4.98 Å². The SMILES string of the molecule is O=C(O)/C=C/C(=O)O.O=C(O)/C=C/C(=O)O.c1ccc2cnccc2c1. The van der Waals surface area contributed by atoms with Gasteiger partial charge >= 0.3 is 23.9 Å². The van der Waals surface area contributed by atoms with Crippen LogP contribution in [-0.4, -0.2) is 49.3 Å². The predicted octanol–water partition coefficient (Wildman–Crippen LogP) is 1.66. The van der Waals surface area contributed by atoms with Crippen LogP contribution in [-0.2, 0) is 19.2 Å². The molecule has 0 fully saturated rings. The third kappa shape index (κ3) is 12.5. The van der Waals surface area contributed by atoms with Gasteiger partial charge in [0.15, 0.2) is 0 Å². The molecule has 0 atom stereocenters. The van der Waals surface area contributed by atoms with Crippen LogP contribution >= 0.6 is 0 Å². The molecule has 9 heteroatoms. The zero-order valence-corrected chi connectivity index (χ0v) is 13.2. The fourth-order valence-corrected chi connectivity index (χ4v) is 1.31. The van der Waals surface area contributed by atoms with Crippen molar-refractivity contribution in [3.8, 4) is 0 Å². The Morgan fingerprint density at radius 2 is 1.04 bits per heavy atom. The van der Waals surface area contributed by atoms with Gasteiger partial charge in [0, 0.05) is 36.7 Å². The molecule has 0 amide bonds. The minimum atomic E-state index is -1.26. The normalized spacial score (nSPS) is 9.69. The van der Waals surface area contributed by atoms with Gasteiger partial charge in [0.05, 0.1) is 0 Å². The van der Waals surface area contributed by atoms with E-state index in [0.717, 1.165) is 0 Å². The number of pyridine rings is 1. The van der Waals surface area contributed by atoms with Crippen LogP contribution in [0.4, 0.5) is 0 Å². The van der Waals surface area contributed by atoms with Crippen molar-refractivity contribution in [1.29, 1.82) is 0 Å². The number of carbonyl (C=O) groups is 4. The lowest BCUT2D eigenvalue weighted by Crippen LogP contribution is -1.91. The highest BCUT2D eigenvalue weighted by Gasteiger charge is 1.89. The Morgan fingerprint density at radius 3 is 1.38 bits per heavy atom. The van der Waals surface area contributed by atoms with Crippen molar-refractivity contribution in [3.63, 3.8) is 0 Å². The van der Waals surface area contributed by atoms with E-state index in [-0.39, 0.29) is 0 Å². The van der Waals surface area contributed by atoms with E-state index in [1.165, 1.54) is 10.8 Å². The number of fused-ring (bicyclic) bond motifs is 1. The first-order valence-corrected chi connectivity index (χ1v) is 6.79. The molecule has 0 saturated heterocycles. The maximum absolute atomic E-state index is 9.55. The van der Waals surface area contributed by atoms with Crippen molar-refractivity contribution in [3.05, 3.63) is 67.0 Å². The molecule has 0 aliphatic rings. The monoisotopic (exact) mass is 361 g/mol. The van der Waals surface area contributed by atoms with Gasteiger partial charge < -0.3 is 20.4 Å². The van der Waals surface area contributed by atoms with Gasteiger partial charge in [0.2, 0.25) is 0 Å². The second-order valence-electron chi connectivity index (χ2n) is 4.24. The van der Waals surface area contributed by atoms with Gasteiger partial charge in [-0.25, -0.2) is 19.2 Å². The van der Waals surface area contributed by atoms with Crippen molar-refractivity contribution in [2.75, 3.05) is 0 Å². The highest BCUT2D eigenvalue weighted by molar-refractivity contribution is 5.90. The summed E-state index contributed by atoms with van der Waals surface area (Å²) in [6, 6.07) is 10.2. The second kappa shape index (κ2) is 12.4. The summed E-state index contributed by atoms with van der Waals surface area (Å²) in [5, 5.41) is 33.7. The maximum atomic E-state index is 9.55. The van der Waals surface area contributed by atoms with E-state index < -0.39 is 23.9 Å². The summed E-state index contributed by atoms with van der Waals surface area (Å²) >= 11 is 0. The van der Waals surface area contributed by atoms with Crippen LogP contribution in [0.3, 0.4) is 0 Å². The summed E-state index contributed by atoms with van der Waals surface area (Å²) in [5.74, 6) is -5.03. The van der Waals surface area contributed by atoms with E-state index in [1.54, 1.807) is 0 Å². The molecule has 1 heterocycles. The molecule has 136 valence electrons. The third-order valence-electron chi connectivity index (χ3n) is 2.29. The molecule has 0 saturated carbocycles. The highest BCUT2D eigenvalue weighted by Crippen LogP contribution is 2.09. The zero-order valence-electron chi connectivity index (χ0n) is 13.2. The summed E-state index contributed by atoms with van der Waals surface area (Å²) in [7, 11) is 0. The maximum Gasteiger partial charge on any atom is 0.328 e. The number of carboxylic acid groups (broad SMARTS) is 4. The highest BCUT2D eigenvalue weighted by atomic mass is 16.4. The average molecular weight is 361 g/mol. The molecule has 9 nitrogen and oxygen atoms in total. The number of hydrogen-bond donors (Lipinski definition) is 4. The topological polar surface area (TPSA) is 162 Å². The largest absolute Gasteiger partial charge is 0.478 e. The first-order chi connectivity index (χ1) is 12.2. The number of nitrogens with zero attached hydrogens (tertiary/aromatic N) is 1. The average Bonchev–Trinajstić information content (AvgIpc) is 2.59. The van der Waals surface area contributed by atoms with E-state index in [4.69, 9.17) is 20.4 Å². The minimum absolute atomic E-state index is 0.558. The van der Waals surface area contributed by atoms with Gasteiger partial charge in [0.1, 0.15) is 0 Å². The van der Waals surface area contributed by atoms with Crippen LogP contribution in [0, 0.1) is 0 Å². The molecular weight excluding hydrogens is 346 g/mol. The van der Waals surface area contributed by atoms with Crippen LogP contribution in [0.5, 0.6) is 0 Å². The van der Waals surface area contributed by atoms with Crippen LogP contribution in [0.25, 0.3) is 10.8 Å². The van der Waals surface area contributed by atoms with Crippen LogP contribution < -0.4 is 0 Å². The molecule has 0 aliphatic heterocycles. The molecule has 0 unspecified atom stereocenters. The summed E-state index contributed by atoms with van der Waals surface area (Å²) in [6.07, 6.45) is 5.91. The number of rotatable bonds is 4. The van der Waals surface area contributed by atoms with Gasteiger partial charge in [0.25, 0.3) is 0 Å². The molecule has 4 N–H and O–H groups in total. The lowest BCUT2D eigenvalue weighted by Gasteiger charge is -1.91. The van der Waals surface area contributed by atoms with Crippen molar-refractivity contribution in [2.45, 2.75) is 0 Å². The van der Waals surface area contributed by atoms with Crippen molar-refractivity contribution < 1.29 is 39.6 Å². The predicted molar refractivity (Wildman–Crippen MR) is 90.6 cm³/mol. The molecule has 0 bridgehead atoms. The number of hydrogen-bond acceptors (Lipinski definition) is 5. The van der Waals surface area contributed by atoms with E-state index in [1.807, 2.05) is 30.6 Å². The smallest absolute Gasteiger partial charge is 0.328 e. The third-order valence-corrected chi connectivity index (χ3v) is 2.29. The molecule has 2 aromatic rings.